The second-order valence-corrected chi connectivity index (χ2v) is 5.29. The van der Waals surface area contributed by atoms with Crippen molar-refractivity contribution in [3.63, 3.8) is 0 Å². The SMILES string of the molecule is CC(=O)Cc1cc(C)cc(Br)c1OC1CC1. The third-order valence-electron chi connectivity index (χ3n) is 2.51. The van der Waals surface area contributed by atoms with Gasteiger partial charge in [-0.05, 0) is 54.2 Å². The van der Waals surface area contributed by atoms with Crippen LogP contribution in [0.15, 0.2) is 16.6 Å². The Balaban J connectivity index is 2.32. The molecule has 1 aliphatic carbocycles. The van der Waals surface area contributed by atoms with Gasteiger partial charge in [-0.1, -0.05) is 6.07 Å². The van der Waals surface area contributed by atoms with E-state index >= 15 is 0 Å². The average molecular weight is 283 g/mol. The summed E-state index contributed by atoms with van der Waals surface area (Å²) in [7, 11) is 0. The second-order valence-electron chi connectivity index (χ2n) is 4.43. The van der Waals surface area contributed by atoms with Crippen LogP contribution in [0.1, 0.15) is 30.9 Å². The molecule has 0 unspecified atom stereocenters. The predicted octanol–water partition coefficient (Wildman–Crippen LogP) is 3.43. The molecule has 0 heterocycles. The minimum Gasteiger partial charge on any atom is -0.489 e. The first kappa shape index (κ1) is 11.6. The zero-order chi connectivity index (χ0) is 11.7. The second kappa shape index (κ2) is 4.58. The molecule has 1 aromatic rings. The Morgan fingerprint density at radius 1 is 1.50 bits per heavy atom. The molecule has 0 atom stereocenters. The van der Waals surface area contributed by atoms with Crippen molar-refractivity contribution in [2.45, 2.75) is 39.2 Å². The number of hydrogen-bond acceptors (Lipinski definition) is 2. The van der Waals surface area contributed by atoms with Crippen LogP contribution in [0.4, 0.5) is 0 Å². The summed E-state index contributed by atoms with van der Waals surface area (Å²) in [5, 5.41) is 0. The Morgan fingerprint density at radius 2 is 2.19 bits per heavy atom. The smallest absolute Gasteiger partial charge is 0.137 e. The zero-order valence-corrected chi connectivity index (χ0v) is 11.1. The van der Waals surface area contributed by atoms with E-state index in [-0.39, 0.29) is 5.78 Å². The van der Waals surface area contributed by atoms with Crippen molar-refractivity contribution in [3.05, 3.63) is 27.7 Å². The van der Waals surface area contributed by atoms with Gasteiger partial charge >= 0.3 is 0 Å². The van der Waals surface area contributed by atoms with Gasteiger partial charge in [0.15, 0.2) is 0 Å². The molecule has 2 rings (SSSR count). The number of carbonyl (C=O) groups is 1. The van der Waals surface area contributed by atoms with Crippen molar-refractivity contribution in [2.24, 2.45) is 0 Å². The summed E-state index contributed by atoms with van der Waals surface area (Å²) in [6, 6.07) is 4.06. The Bertz CT molecular complexity index is 422. The number of benzene rings is 1. The maximum Gasteiger partial charge on any atom is 0.137 e. The highest BCUT2D eigenvalue weighted by Crippen LogP contribution is 2.36. The average Bonchev–Trinajstić information content (AvgIpc) is 2.93. The van der Waals surface area contributed by atoms with Crippen molar-refractivity contribution in [1.82, 2.24) is 0 Å². The highest BCUT2D eigenvalue weighted by molar-refractivity contribution is 9.10. The molecular weight excluding hydrogens is 268 g/mol. The standard InChI is InChI=1S/C13H15BrO2/c1-8-5-10(7-9(2)15)13(12(14)6-8)16-11-3-4-11/h5-6,11H,3-4,7H2,1-2H3. The van der Waals surface area contributed by atoms with E-state index in [1.54, 1.807) is 6.92 Å². The number of hydrogen-bond donors (Lipinski definition) is 0. The van der Waals surface area contributed by atoms with Crippen LogP contribution in [-0.4, -0.2) is 11.9 Å². The van der Waals surface area contributed by atoms with Gasteiger partial charge in [-0.15, -0.1) is 0 Å². The Hall–Kier alpha value is -0.830. The van der Waals surface area contributed by atoms with E-state index in [9.17, 15) is 4.79 Å². The number of halogens is 1. The van der Waals surface area contributed by atoms with Gasteiger partial charge in [-0.25, -0.2) is 0 Å². The van der Waals surface area contributed by atoms with E-state index in [1.165, 1.54) is 0 Å². The number of rotatable bonds is 4. The van der Waals surface area contributed by atoms with Crippen LogP contribution in [0.25, 0.3) is 0 Å². The van der Waals surface area contributed by atoms with Gasteiger partial charge < -0.3 is 4.74 Å². The van der Waals surface area contributed by atoms with Gasteiger partial charge in [0, 0.05) is 12.0 Å². The summed E-state index contributed by atoms with van der Waals surface area (Å²) in [5.41, 5.74) is 2.14. The molecule has 0 N–H and O–H groups in total. The minimum atomic E-state index is 0.165. The Morgan fingerprint density at radius 3 is 2.75 bits per heavy atom. The lowest BCUT2D eigenvalue weighted by molar-refractivity contribution is -0.116. The first-order chi connectivity index (χ1) is 7.56. The molecule has 16 heavy (non-hydrogen) atoms. The van der Waals surface area contributed by atoms with Crippen LogP contribution in [0.2, 0.25) is 0 Å². The lowest BCUT2D eigenvalue weighted by Gasteiger charge is -2.13. The molecule has 0 bridgehead atoms. The summed E-state index contributed by atoms with van der Waals surface area (Å²) in [6.07, 6.45) is 3.05. The summed E-state index contributed by atoms with van der Waals surface area (Å²) in [5.74, 6) is 1.02. The monoisotopic (exact) mass is 282 g/mol. The highest BCUT2D eigenvalue weighted by atomic mass is 79.9. The van der Waals surface area contributed by atoms with E-state index in [4.69, 9.17) is 4.74 Å². The quantitative estimate of drug-likeness (QED) is 0.846. The fourth-order valence-corrected chi connectivity index (χ4v) is 2.39. The summed E-state index contributed by atoms with van der Waals surface area (Å²) in [6.45, 7) is 3.63. The first-order valence-electron chi connectivity index (χ1n) is 5.51. The largest absolute Gasteiger partial charge is 0.489 e. The molecule has 0 saturated heterocycles. The van der Waals surface area contributed by atoms with Gasteiger partial charge in [-0.2, -0.15) is 0 Å². The molecule has 3 heteroatoms. The molecule has 0 spiro atoms. The molecule has 0 radical (unpaired) electrons. The maximum absolute atomic E-state index is 11.2. The van der Waals surface area contributed by atoms with Gasteiger partial charge in [0.05, 0.1) is 10.6 Å². The number of aryl methyl sites for hydroxylation is 1. The van der Waals surface area contributed by atoms with Crippen molar-refractivity contribution in [2.75, 3.05) is 0 Å². The molecule has 2 nitrogen and oxygen atoms in total. The summed E-state index contributed by atoms with van der Waals surface area (Å²) >= 11 is 3.51. The molecule has 1 saturated carbocycles. The lowest BCUT2D eigenvalue weighted by Crippen LogP contribution is -2.04. The highest BCUT2D eigenvalue weighted by Gasteiger charge is 2.25. The number of carbonyl (C=O) groups excluding carboxylic acids is 1. The van der Waals surface area contributed by atoms with Crippen LogP contribution in [0, 0.1) is 6.92 Å². The van der Waals surface area contributed by atoms with Crippen LogP contribution >= 0.6 is 15.9 Å². The molecule has 0 amide bonds. The molecule has 1 fully saturated rings. The van der Waals surface area contributed by atoms with Crippen LogP contribution in [0.5, 0.6) is 5.75 Å². The van der Waals surface area contributed by atoms with Gasteiger partial charge in [0.2, 0.25) is 0 Å². The molecule has 86 valence electrons. The number of Topliss-reactive ketones (excluding diaryl/α,β-unsaturated/α-hetero) is 1. The van der Waals surface area contributed by atoms with Gasteiger partial charge in [-0.3, -0.25) is 4.79 Å². The number of ketones is 1. The van der Waals surface area contributed by atoms with Crippen LogP contribution in [0.3, 0.4) is 0 Å². The molecule has 1 aromatic carbocycles. The number of ether oxygens (including phenoxy) is 1. The topological polar surface area (TPSA) is 26.3 Å². The van der Waals surface area contributed by atoms with Crippen molar-refractivity contribution >= 4 is 21.7 Å². The van der Waals surface area contributed by atoms with Crippen LogP contribution in [-0.2, 0) is 11.2 Å². The van der Waals surface area contributed by atoms with E-state index in [0.717, 1.165) is 34.2 Å². The van der Waals surface area contributed by atoms with E-state index in [2.05, 4.69) is 15.9 Å². The molecule has 1 aliphatic rings. The Kier molecular flexibility index (Phi) is 3.33. The fraction of sp³-hybridized carbons (Fsp3) is 0.462. The van der Waals surface area contributed by atoms with E-state index in [0.29, 0.717) is 12.5 Å². The van der Waals surface area contributed by atoms with E-state index in [1.807, 2.05) is 19.1 Å². The molecule has 0 aliphatic heterocycles. The van der Waals surface area contributed by atoms with Crippen molar-refractivity contribution in [1.29, 1.82) is 0 Å². The first-order valence-corrected chi connectivity index (χ1v) is 6.30. The minimum absolute atomic E-state index is 0.165. The molecular formula is C13H15BrO2. The van der Waals surface area contributed by atoms with Gasteiger partial charge in [0.25, 0.3) is 0 Å². The normalized spacial score (nSPS) is 14.9. The zero-order valence-electron chi connectivity index (χ0n) is 9.55. The maximum atomic E-state index is 11.2. The van der Waals surface area contributed by atoms with Crippen molar-refractivity contribution < 1.29 is 9.53 Å². The van der Waals surface area contributed by atoms with Crippen molar-refractivity contribution in [3.8, 4) is 5.75 Å². The van der Waals surface area contributed by atoms with Crippen LogP contribution < -0.4 is 4.74 Å². The van der Waals surface area contributed by atoms with E-state index < -0.39 is 0 Å². The summed E-state index contributed by atoms with van der Waals surface area (Å²) < 4.78 is 6.80. The van der Waals surface area contributed by atoms with Gasteiger partial charge in [0.1, 0.15) is 11.5 Å². The predicted molar refractivity (Wildman–Crippen MR) is 66.9 cm³/mol. The Labute approximate surface area is 104 Å². The third-order valence-corrected chi connectivity index (χ3v) is 3.10. The lowest BCUT2D eigenvalue weighted by atomic mass is 10.1. The molecule has 0 aromatic heterocycles. The summed E-state index contributed by atoms with van der Waals surface area (Å²) in [4.78, 5) is 11.2. The third kappa shape index (κ3) is 2.85. The fourth-order valence-electron chi connectivity index (χ4n) is 1.68.